The molecule has 0 bridgehead atoms. The lowest BCUT2D eigenvalue weighted by Gasteiger charge is -1.99. The second-order valence-electron chi connectivity index (χ2n) is 1.89. The second kappa shape index (κ2) is 8.32. The van der Waals surface area contributed by atoms with Gasteiger partial charge in [0, 0.05) is 16.6 Å². The quantitative estimate of drug-likeness (QED) is 0.611. The van der Waals surface area contributed by atoms with E-state index in [9.17, 15) is 0 Å². The van der Waals surface area contributed by atoms with Crippen molar-refractivity contribution in [2.24, 2.45) is 0 Å². The Bertz CT molecular complexity index is 85.0. The summed E-state index contributed by atoms with van der Waals surface area (Å²) >= 11 is 9.18. The maximum absolute atomic E-state index is 5.26. The Morgan fingerprint density at radius 3 is 1.80 bits per heavy atom. The van der Waals surface area contributed by atoms with Gasteiger partial charge in [-0.3, -0.25) is 0 Å². The molecule has 0 aliphatic rings. The second-order valence-corrected chi connectivity index (χ2v) is 10.6. The topological polar surface area (TPSA) is 0 Å². The van der Waals surface area contributed by atoms with Crippen LogP contribution in [0.5, 0.6) is 0 Å². The van der Waals surface area contributed by atoms with Crippen LogP contribution in [0.1, 0.15) is 26.7 Å². The smallest absolute Gasteiger partial charge is 0.0376 e. The molecule has 61 valence electrons. The first-order valence-corrected chi connectivity index (χ1v) is 9.08. The highest BCUT2D eigenvalue weighted by molar-refractivity contribution is 8.94. The highest BCUT2D eigenvalue weighted by Crippen LogP contribution is 2.50. The largest absolute Gasteiger partial charge is 0.0897 e. The number of rotatable bonds is 6. The van der Waals surface area contributed by atoms with Crippen molar-refractivity contribution in [1.29, 1.82) is 0 Å². The molecular formula is C6H14PS3. The van der Waals surface area contributed by atoms with E-state index in [1.54, 1.807) is 0 Å². The van der Waals surface area contributed by atoms with Crippen LogP contribution >= 0.6 is 27.9 Å². The Balaban J connectivity index is 3.09. The molecule has 1 radical (unpaired) electrons. The van der Waals surface area contributed by atoms with E-state index in [1.165, 1.54) is 24.3 Å². The van der Waals surface area contributed by atoms with Gasteiger partial charge in [0.1, 0.15) is 0 Å². The van der Waals surface area contributed by atoms with Gasteiger partial charge in [-0.05, 0) is 24.6 Å². The third kappa shape index (κ3) is 7.33. The Hall–Kier alpha value is 1.22. The van der Waals surface area contributed by atoms with Gasteiger partial charge in [0.25, 0.3) is 0 Å². The maximum atomic E-state index is 5.26. The van der Waals surface area contributed by atoms with Crippen molar-refractivity contribution in [3.8, 4) is 0 Å². The third-order valence-electron chi connectivity index (χ3n) is 0.802. The molecule has 0 aliphatic heterocycles. The molecule has 0 spiro atoms. The van der Waals surface area contributed by atoms with E-state index in [0.717, 1.165) is 0 Å². The average Bonchev–Trinajstić information content (AvgIpc) is 1.97. The summed E-state index contributed by atoms with van der Waals surface area (Å²) in [5.74, 6) is 2.48. The van der Waals surface area contributed by atoms with Crippen molar-refractivity contribution >= 4 is 39.7 Å². The summed E-state index contributed by atoms with van der Waals surface area (Å²) in [5, 5.41) is -0.176. The standard InChI is InChI=1S/C6H14PS3/c1-3-5-9-7(8)10-6-4-2/h3-6H2,1-2H3. The van der Waals surface area contributed by atoms with E-state index in [4.69, 9.17) is 11.8 Å². The van der Waals surface area contributed by atoms with Crippen molar-refractivity contribution < 1.29 is 0 Å². The summed E-state index contributed by atoms with van der Waals surface area (Å²) in [7, 11) is 0. The van der Waals surface area contributed by atoms with Crippen molar-refractivity contribution in [2.75, 3.05) is 11.5 Å². The zero-order valence-electron chi connectivity index (χ0n) is 6.50. The molecule has 0 saturated heterocycles. The SMILES string of the molecule is CCCS[P](=S)SCCC. The molecule has 4 heteroatoms. The fourth-order valence-corrected chi connectivity index (χ4v) is 6.67. The summed E-state index contributed by atoms with van der Waals surface area (Å²) in [6.07, 6.45) is 2.51. The molecule has 0 N–H and O–H groups in total. The van der Waals surface area contributed by atoms with Crippen LogP contribution in [0.4, 0.5) is 0 Å². The molecule has 10 heavy (non-hydrogen) atoms. The Morgan fingerprint density at radius 1 is 1.10 bits per heavy atom. The van der Waals surface area contributed by atoms with Crippen LogP contribution in [0.25, 0.3) is 0 Å². The highest BCUT2D eigenvalue weighted by atomic mass is 33.2. The molecule has 0 aliphatic carbocycles. The minimum Gasteiger partial charge on any atom is -0.0897 e. The van der Waals surface area contributed by atoms with Gasteiger partial charge in [-0.25, -0.2) is 0 Å². The van der Waals surface area contributed by atoms with Crippen LogP contribution in [0, 0.1) is 0 Å². The van der Waals surface area contributed by atoms with Crippen LogP contribution in [0.15, 0.2) is 0 Å². The van der Waals surface area contributed by atoms with E-state index in [2.05, 4.69) is 13.8 Å². The first kappa shape index (κ1) is 11.2. The molecule has 0 saturated carbocycles. The fraction of sp³-hybridized carbons (Fsp3) is 1.00. The summed E-state index contributed by atoms with van der Waals surface area (Å²) in [4.78, 5) is 0. The first-order valence-electron chi connectivity index (χ1n) is 3.54. The molecular weight excluding hydrogens is 199 g/mol. The van der Waals surface area contributed by atoms with Crippen molar-refractivity contribution in [3.05, 3.63) is 0 Å². The fourth-order valence-electron chi connectivity index (χ4n) is 0.369. The number of hydrogen-bond acceptors (Lipinski definition) is 3. The minimum absolute atomic E-state index is 0.176. The van der Waals surface area contributed by atoms with E-state index in [0.29, 0.717) is 0 Å². The van der Waals surface area contributed by atoms with E-state index >= 15 is 0 Å². The van der Waals surface area contributed by atoms with Crippen LogP contribution in [-0.2, 0) is 11.8 Å². The van der Waals surface area contributed by atoms with Crippen molar-refractivity contribution in [2.45, 2.75) is 26.7 Å². The average molecular weight is 213 g/mol. The molecule has 0 fully saturated rings. The van der Waals surface area contributed by atoms with Crippen LogP contribution < -0.4 is 0 Å². The van der Waals surface area contributed by atoms with Gasteiger partial charge in [0.05, 0.1) is 0 Å². The molecule has 0 amide bonds. The molecule has 0 aromatic carbocycles. The summed E-state index contributed by atoms with van der Waals surface area (Å²) < 4.78 is 0. The molecule has 0 unspecified atom stereocenters. The van der Waals surface area contributed by atoms with Gasteiger partial charge < -0.3 is 0 Å². The summed E-state index contributed by atoms with van der Waals surface area (Å²) in [5.41, 5.74) is 0. The molecule has 0 nitrogen and oxygen atoms in total. The van der Waals surface area contributed by atoms with Crippen LogP contribution in [0.2, 0.25) is 0 Å². The Kier molecular flexibility index (Phi) is 9.33. The minimum atomic E-state index is -0.176. The highest BCUT2D eigenvalue weighted by Gasteiger charge is 1.94. The summed E-state index contributed by atoms with van der Waals surface area (Å²) in [6.45, 7) is 4.41. The summed E-state index contributed by atoms with van der Waals surface area (Å²) in [6, 6.07) is 0. The third-order valence-corrected chi connectivity index (χ3v) is 8.56. The van der Waals surface area contributed by atoms with Crippen LogP contribution in [0.3, 0.4) is 0 Å². The van der Waals surface area contributed by atoms with E-state index in [-0.39, 0.29) is 5.10 Å². The first-order chi connectivity index (χ1) is 4.81. The molecule has 0 aromatic rings. The van der Waals surface area contributed by atoms with Gasteiger partial charge in [-0.1, -0.05) is 36.6 Å². The van der Waals surface area contributed by atoms with Gasteiger partial charge in [0.15, 0.2) is 0 Å². The molecule has 0 rings (SSSR count). The Morgan fingerprint density at radius 2 is 1.50 bits per heavy atom. The van der Waals surface area contributed by atoms with Crippen LogP contribution in [-0.4, -0.2) is 11.5 Å². The van der Waals surface area contributed by atoms with Gasteiger partial charge in [0.2, 0.25) is 0 Å². The normalized spacial score (nSPS) is 9.80. The monoisotopic (exact) mass is 213 g/mol. The molecule has 0 heterocycles. The van der Waals surface area contributed by atoms with Gasteiger partial charge >= 0.3 is 0 Å². The lowest BCUT2D eigenvalue weighted by atomic mass is 10.6. The predicted molar refractivity (Wildman–Crippen MR) is 59.8 cm³/mol. The lowest BCUT2D eigenvalue weighted by molar-refractivity contribution is 1.11. The molecule has 0 atom stereocenters. The van der Waals surface area contributed by atoms with E-state index < -0.39 is 0 Å². The number of hydrogen-bond donors (Lipinski definition) is 0. The predicted octanol–water partition coefficient (Wildman–Crippen LogP) is 4.05. The lowest BCUT2D eigenvalue weighted by Crippen LogP contribution is -1.68. The zero-order chi connectivity index (χ0) is 7.82. The maximum Gasteiger partial charge on any atom is 0.0376 e. The Labute approximate surface area is 77.8 Å². The van der Waals surface area contributed by atoms with Crippen molar-refractivity contribution in [1.82, 2.24) is 0 Å². The van der Waals surface area contributed by atoms with Gasteiger partial charge in [-0.15, -0.1) is 0 Å². The van der Waals surface area contributed by atoms with E-state index in [1.807, 2.05) is 22.8 Å². The van der Waals surface area contributed by atoms with Crippen molar-refractivity contribution in [3.63, 3.8) is 0 Å². The zero-order valence-corrected chi connectivity index (χ0v) is 9.84. The molecule has 0 aromatic heterocycles. The van der Waals surface area contributed by atoms with Gasteiger partial charge in [-0.2, -0.15) is 0 Å².